The largest absolute Gasteiger partial charge is 0.507 e. The Morgan fingerprint density at radius 2 is 1.85 bits per heavy atom. The number of imidazole rings is 1. The first-order valence-electron chi connectivity index (χ1n) is 12.4. The average Bonchev–Trinajstić information content (AvgIpc) is 3.26. The van der Waals surface area contributed by atoms with Crippen LogP contribution in [0, 0.1) is 6.92 Å². The van der Waals surface area contributed by atoms with E-state index in [9.17, 15) is 5.11 Å². The molecule has 8 heteroatoms. The van der Waals surface area contributed by atoms with E-state index in [-0.39, 0.29) is 0 Å². The van der Waals surface area contributed by atoms with Crippen molar-refractivity contribution in [1.82, 2.24) is 19.5 Å². The van der Waals surface area contributed by atoms with Gasteiger partial charge in [-0.2, -0.15) is 9.97 Å². The zero-order valence-electron chi connectivity index (χ0n) is 19.4. The number of nitrogens with one attached hydrogen (secondary N) is 2. The predicted octanol–water partition coefficient (Wildman–Crippen LogP) is 4.64. The number of phenols is 1. The van der Waals surface area contributed by atoms with Crippen LogP contribution >= 0.6 is 0 Å². The van der Waals surface area contributed by atoms with Gasteiger partial charge in [-0.3, -0.25) is 0 Å². The molecule has 2 aliphatic rings. The molecule has 2 aliphatic carbocycles. The van der Waals surface area contributed by atoms with Gasteiger partial charge in [0.05, 0.1) is 6.33 Å². The molecule has 1 aromatic carbocycles. The lowest BCUT2D eigenvalue weighted by Gasteiger charge is -2.27. The number of nitrogens with two attached hydrogens (primary N) is 1. The number of hydrogen-bond acceptors (Lipinski definition) is 7. The molecule has 2 heterocycles. The molecule has 2 aromatic heterocycles. The second-order valence-corrected chi connectivity index (χ2v) is 9.70. The summed E-state index contributed by atoms with van der Waals surface area (Å²) in [6, 6.07) is 6.87. The van der Waals surface area contributed by atoms with Crippen molar-refractivity contribution < 1.29 is 5.11 Å². The summed E-state index contributed by atoms with van der Waals surface area (Å²) in [5.74, 6) is 1.65. The second-order valence-electron chi connectivity index (χ2n) is 9.70. The normalized spacial score (nSPS) is 21.9. The lowest BCUT2D eigenvalue weighted by Crippen LogP contribution is -2.33. The highest BCUT2D eigenvalue weighted by Crippen LogP contribution is 2.33. The number of phenolic OH excluding ortho intramolecular Hbond substituents is 1. The first kappa shape index (κ1) is 21.9. The van der Waals surface area contributed by atoms with Gasteiger partial charge in [0.2, 0.25) is 5.95 Å². The molecule has 0 amide bonds. The van der Waals surface area contributed by atoms with Crippen molar-refractivity contribution in [3.05, 3.63) is 35.7 Å². The number of anilines is 2. The van der Waals surface area contributed by atoms with Gasteiger partial charge in [0.1, 0.15) is 5.75 Å². The van der Waals surface area contributed by atoms with E-state index in [0.717, 1.165) is 48.0 Å². The van der Waals surface area contributed by atoms with Gasteiger partial charge in [-0.25, -0.2) is 4.98 Å². The lowest BCUT2D eigenvalue weighted by molar-refractivity contribution is 0.358. The standard InChI is InChI=1S/C25H35N7O/c1-16-6-5-7-17(22(16)33)14-27-23-21-24(32(15-28-21)20-8-3-2-4-9-20)31-25(30-23)29-19-12-10-18(26)11-13-19/h5-7,15,18-20,33H,2-4,8-14,26H2,1H3,(H2,27,29,30,31). The van der Waals surface area contributed by atoms with Crippen LogP contribution < -0.4 is 16.4 Å². The van der Waals surface area contributed by atoms with Crippen LogP contribution in [0.25, 0.3) is 11.2 Å². The van der Waals surface area contributed by atoms with Crippen LogP contribution in [-0.2, 0) is 6.54 Å². The number of para-hydroxylation sites is 1. The number of benzene rings is 1. The first-order chi connectivity index (χ1) is 16.1. The van der Waals surface area contributed by atoms with Crippen molar-refractivity contribution in [3.63, 3.8) is 0 Å². The summed E-state index contributed by atoms with van der Waals surface area (Å²) < 4.78 is 2.24. The van der Waals surface area contributed by atoms with Crippen LogP contribution in [0.4, 0.5) is 11.8 Å². The van der Waals surface area contributed by atoms with Gasteiger partial charge < -0.3 is 26.0 Å². The number of aromatic hydroxyl groups is 1. The smallest absolute Gasteiger partial charge is 0.227 e. The van der Waals surface area contributed by atoms with Crippen LogP contribution in [-0.4, -0.2) is 36.7 Å². The molecule has 33 heavy (non-hydrogen) atoms. The first-order valence-corrected chi connectivity index (χ1v) is 12.4. The molecule has 0 atom stereocenters. The van der Waals surface area contributed by atoms with E-state index in [2.05, 4.69) is 15.2 Å². The molecule has 3 aromatic rings. The third-order valence-electron chi connectivity index (χ3n) is 7.26. The second kappa shape index (κ2) is 9.55. The van der Waals surface area contributed by atoms with Crippen molar-refractivity contribution >= 4 is 22.9 Å². The highest BCUT2D eigenvalue weighted by Gasteiger charge is 2.23. The summed E-state index contributed by atoms with van der Waals surface area (Å²) in [6.07, 6.45) is 12.2. The van der Waals surface area contributed by atoms with Gasteiger partial charge in [-0.05, 0) is 51.0 Å². The van der Waals surface area contributed by atoms with E-state index in [0.29, 0.717) is 42.2 Å². The van der Waals surface area contributed by atoms with Gasteiger partial charge in [0, 0.05) is 30.2 Å². The van der Waals surface area contributed by atoms with Gasteiger partial charge in [-0.1, -0.05) is 37.5 Å². The Hall–Kier alpha value is -2.87. The molecule has 176 valence electrons. The van der Waals surface area contributed by atoms with E-state index < -0.39 is 0 Å². The quantitative estimate of drug-likeness (QED) is 0.433. The van der Waals surface area contributed by atoms with Gasteiger partial charge in [0.25, 0.3) is 0 Å². The van der Waals surface area contributed by atoms with E-state index >= 15 is 0 Å². The minimum atomic E-state index is 0.304. The molecule has 0 unspecified atom stereocenters. The van der Waals surface area contributed by atoms with Crippen molar-refractivity contribution in [3.8, 4) is 5.75 Å². The van der Waals surface area contributed by atoms with Crippen LogP contribution in [0.1, 0.15) is 75.0 Å². The fourth-order valence-electron chi connectivity index (χ4n) is 5.22. The molecule has 0 aliphatic heterocycles. The summed E-state index contributed by atoms with van der Waals surface area (Å²) in [5, 5.41) is 17.4. The molecule has 0 saturated heterocycles. The van der Waals surface area contributed by atoms with E-state index in [1.165, 1.54) is 32.1 Å². The average molecular weight is 450 g/mol. The van der Waals surface area contributed by atoms with Crippen LogP contribution in [0.2, 0.25) is 0 Å². The maximum atomic E-state index is 10.4. The monoisotopic (exact) mass is 449 g/mol. The van der Waals surface area contributed by atoms with Gasteiger partial charge >= 0.3 is 0 Å². The van der Waals surface area contributed by atoms with E-state index in [1.54, 1.807) is 0 Å². The van der Waals surface area contributed by atoms with Crippen LogP contribution in [0.3, 0.4) is 0 Å². The van der Waals surface area contributed by atoms with Crippen LogP contribution in [0.15, 0.2) is 24.5 Å². The third-order valence-corrected chi connectivity index (χ3v) is 7.26. The fraction of sp³-hybridized carbons (Fsp3) is 0.560. The molecule has 0 bridgehead atoms. The molecule has 2 fully saturated rings. The zero-order chi connectivity index (χ0) is 22.8. The molecule has 0 radical (unpaired) electrons. The molecular formula is C25H35N7O. The Bertz CT molecular complexity index is 1100. The highest BCUT2D eigenvalue weighted by atomic mass is 16.3. The lowest BCUT2D eigenvalue weighted by atomic mass is 9.92. The topological polar surface area (TPSA) is 114 Å². The molecule has 8 nitrogen and oxygen atoms in total. The van der Waals surface area contributed by atoms with Crippen molar-refractivity contribution in [2.75, 3.05) is 10.6 Å². The van der Waals surface area contributed by atoms with Crippen molar-refractivity contribution in [1.29, 1.82) is 0 Å². The number of aromatic nitrogens is 4. The van der Waals surface area contributed by atoms with Crippen molar-refractivity contribution in [2.45, 2.75) is 89.4 Å². The zero-order valence-corrected chi connectivity index (χ0v) is 19.4. The van der Waals surface area contributed by atoms with E-state index in [1.807, 2.05) is 31.5 Å². The van der Waals surface area contributed by atoms with Crippen molar-refractivity contribution in [2.24, 2.45) is 5.73 Å². The Labute approximate surface area is 195 Å². The Balaban J connectivity index is 1.46. The van der Waals surface area contributed by atoms with Crippen LogP contribution in [0.5, 0.6) is 5.75 Å². The summed E-state index contributed by atoms with van der Waals surface area (Å²) >= 11 is 0. The highest BCUT2D eigenvalue weighted by molar-refractivity contribution is 5.84. The summed E-state index contributed by atoms with van der Waals surface area (Å²) in [5.41, 5.74) is 9.45. The fourth-order valence-corrected chi connectivity index (χ4v) is 5.22. The summed E-state index contributed by atoms with van der Waals surface area (Å²) in [7, 11) is 0. The number of hydrogen-bond donors (Lipinski definition) is 4. The Morgan fingerprint density at radius 3 is 2.64 bits per heavy atom. The number of fused-ring (bicyclic) bond motifs is 1. The maximum absolute atomic E-state index is 10.4. The Kier molecular flexibility index (Phi) is 6.35. The number of rotatable bonds is 6. The summed E-state index contributed by atoms with van der Waals surface area (Å²) in [4.78, 5) is 14.5. The molecule has 5 N–H and O–H groups in total. The predicted molar refractivity (Wildman–Crippen MR) is 131 cm³/mol. The summed E-state index contributed by atoms with van der Waals surface area (Å²) in [6.45, 7) is 2.37. The third kappa shape index (κ3) is 4.76. The molecular weight excluding hydrogens is 414 g/mol. The molecule has 5 rings (SSSR count). The van der Waals surface area contributed by atoms with E-state index in [4.69, 9.17) is 20.7 Å². The number of aryl methyl sites for hydroxylation is 1. The molecule has 0 spiro atoms. The van der Waals surface area contributed by atoms with Gasteiger partial charge in [-0.15, -0.1) is 0 Å². The van der Waals surface area contributed by atoms with Gasteiger partial charge in [0.15, 0.2) is 17.0 Å². The molecule has 2 saturated carbocycles. The minimum Gasteiger partial charge on any atom is -0.507 e. The minimum absolute atomic E-state index is 0.304. The number of nitrogens with zero attached hydrogens (tertiary/aromatic N) is 4. The Morgan fingerprint density at radius 1 is 1.06 bits per heavy atom. The maximum Gasteiger partial charge on any atom is 0.227 e. The SMILES string of the molecule is Cc1cccc(CNc2nc(NC3CCC(N)CC3)nc3c2ncn3C2CCCCC2)c1O.